The van der Waals surface area contributed by atoms with Gasteiger partial charge in [0.25, 0.3) is 5.91 Å². The highest BCUT2D eigenvalue weighted by atomic mass is 32.2. The maximum absolute atomic E-state index is 12.8. The minimum atomic E-state index is -3.51. The number of aryl methyl sites for hydroxylation is 1. The predicted octanol–water partition coefficient (Wildman–Crippen LogP) is 2.76. The Morgan fingerprint density at radius 1 is 1.27 bits per heavy atom. The number of nitrogens with zero attached hydrogens (tertiary/aromatic N) is 3. The Morgan fingerprint density at radius 3 is 2.70 bits per heavy atom. The number of sulfonamides is 1. The number of hydrogen-bond acceptors (Lipinski definition) is 4. The van der Waals surface area contributed by atoms with Crippen LogP contribution in [0.2, 0.25) is 0 Å². The molecule has 0 aliphatic carbocycles. The highest BCUT2D eigenvalue weighted by Gasteiger charge is 2.20. The van der Waals surface area contributed by atoms with Crippen LogP contribution in [0.3, 0.4) is 0 Å². The molecule has 3 rings (SSSR count). The number of carbonyl (C=O) groups excluding carboxylic acids is 1. The van der Waals surface area contributed by atoms with Crippen molar-refractivity contribution in [1.29, 1.82) is 0 Å². The summed E-state index contributed by atoms with van der Waals surface area (Å²) < 4.78 is 28.0. The Morgan fingerprint density at radius 2 is 2.03 bits per heavy atom. The number of likely N-dealkylation sites (tertiary alicyclic amines) is 1. The van der Waals surface area contributed by atoms with Crippen LogP contribution in [-0.4, -0.2) is 68.4 Å². The summed E-state index contributed by atoms with van der Waals surface area (Å²) in [5.41, 5.74) is 1.43. The van der Waals surface area contributed by atoms with Crippen molar-refractivity contribution in [2.75, 3.05) is 40.3 Å². The van der Waals surface area contributed by atoms with E-state index in [1.807, 2.05) is 11.5 Å². The van der Waals surface area contributed by atoms with Gasteiger partial charge in [-0.25, -0.2) is 12.7 Å². The molecule has 1 aliphatic rings. The molecule has 1 saturated heterocycles. The van der Waals surface area contributed by atoms with Crippen molar-refractivity contribution in [1.82, 2.24) is 19.1 Å². The number of hydrogen-bond donors (Lipinski definition) is 1. The second kappa shape index (κ2) is 9.49. The predicted molar refractivity (Wildman–Crippen MR) is 120 cm³/mol. The van der Waals surface area contributed by atoms with Crippen LogP contribution in [0.15, 0.2) is 29.2 Å². The van der Waals surface area contributed by atoms with Crippen LogP contribution < -0.4 is 5.32 Å². The fraction of sp³-hybridized carbons (Fsp3) is 0.591. The number of amides is 1. The first-order chi connectivity index (χ1) is 14.2. The quantitative estimate of drug-likeness (QED) is 0.649. The lowest BCUT2D eigenvalue weighted by Gasteiger charge is -2.30. The Bertz CT molecular complexity index is 997. The molecule has 0 radical (unpaired) electrons. The lowest BCUT2D eigenvalue weighted by atomic mass is 10.0. The van der Waals surface area contributed by atoms with Gasteiger partial charge in [0.05, 0.1) is 4.90 Å². The van der Waals surface area contributed by atoms with E-state index in [0.29, 0.717) is 18.8 Å². The monoisotopic (exact) mass is 434 g/mol. The third-order valence-electron chi connectivity index (χ3n) is 5.88. The largest absolute Gasteiger partial charge is 0.351 e. The summed E-state index contributed by atoms with van der Waals surface area (Å²) in [5.74, 6) is 0.645. The molecule has 8 heteroatoms. The highest BCUT2D eigenvalue weighted by molar-refractivity contribution is 7.89. The molecule has 1 amide bonds. The van der Waals surface area contributed by atoms with Crippen LogP contribution in [0.5, 0.6) is 0 Å². The molecule has 2 heterocycles. The molecule has 2 aromatic rings. The fourth-order valence-corrected chi connectivity index (χ4v) is 5.17. The molecular weight excluding hydrogens is 400 g/mol. The lowest BCUT2D eigenvalue weighted by Crippen LogP contribution is -2.36. The molecule has 7 nitrogen and oxygen atoms in total. The molecule has 1 fully saturated rings. The van der Waals surface area contributed by atoms with Crippen LogP contribution in [-0.2, 0) is 16.6 Å². The smallest absolute Gasteiger partial charge is 0.267 e. The van der Waals surface area contributed by atoms with Crippen LogP contribution in [0, 0.1) is 5.92 Å². The van der Waals surface area contributed by atoms with Gasteiger partial charge in [-0.1, -0.05) is 6.92 Å². The van der Waals surface area contributed by atoms with Gasteiger partial charge in [-0.15, -0.1) is 0 Å². The van der Waals surface area contributed by atoms with E-state index in [1.54, 1.807) is 24.3 Å². The first-order valence-electron chi connectivity index (χ1n) is 10.8. The first-order valence-corrected chi connectivity index (χ1v) is 12.2. The number of benzene rings is 1. The highest BCUT2D eigenvalue weighted by Crippen LogP contribution is 2.25. The van der Waals surface area contributed by atoms with Crippen LogP contribution in [0.1, 0.15) is 43.6 Å². The Labute approximate surface area is 180 Å². The van der Waals surface area contributed by atoms with Gasteiger partial charge in [0.15, 0.2) is 0 Å². The molecule has 1 aliphatic heterocycles. The van der Waals surface area contributed by atoms with Crippen LogP contribution in [0.4, 0.5) is 0 Å². The van der Waals surface area contributed by atoms with Gasteiger partial charge in [-0.3, -0.25) is 4.79 Å². The average Bonchev–Trinajstić information content (AvgIpc) is 3.09. The number of aromatic nitrogens is 1. The Kier molecular flexibility index (Phi) is 7.21. The van der Waals surface area contributed by atoms with E-state index in [0.717, 1.165) is 42.9 Å². The van der Waals surface area contributed by atoms with E-state index >= 15 is 0 Å². The van der Waals surface area contributed by atoms with Gasteiger partial charge in [0.1, 0.15) is 5.69 Å². The van der Waals surface area contributed by atoms with Gasteiger partial charge in [0, 0.05) is 44.6 Å². The van der Waals surface area contributed by atoms with Gasteiger partial charge in [0.2, 0.25) is 10.0 Å². The second-order valence-electron chi connectivity index (χ2n) is 8.44. The van der Waals surface area contributed by atoms with E-state index in [2.05, 4.69) is 17.1 Å². The first kappa shape index (κ1) is 22.8. The van der Waals surface area contributed by atoms with Crippen molar-refractivity contribution in [2.24, 2.45) is 5.92 Å². The van der Waals surface area contributed by atoms with Crippen molar-refractivity contribution >= 4 is 26.8 Å². The normalized spacial score (nSPS) is 18.2. The third-order valence-corrected chi connectivity index (χ3v) is 7.69. The number of rotatable bonds is 8. The summed E-state index contributed by atoms with van der Waals surface area (Å²) in [7, 11) is -0.484. The summed E-state index contributed by atoms with van der Waals surface area (Å²) in [6, 6.07) is 6.81. The van der Waals surface area contributed by atoms with Crippen molar-refractivity contribution in [3.05, 3.63) is 30.0 Å². The molecule has 1 N–H and O–H groups in total. The van der Waals surface area contributed by atoms with Gasteiger partial charge >= 0.3 is 0 Å². The summed E-state index contributed by atoms with van der Waals surface area (Å²) in [6.07, 6.45) is 3.50. The molecule has 1 aromatic heterocycles. The minimum Gasteiger partial charge on any atom is -0.351 e. The molecule has 1 unspecified atom stereocenters. The third kappa shape index (κ3) is 4.87. The summed E-state index contributed by atoms with van der Waals surface area (Å²) in [6.45, 7) is 8.86. The fourth-order valence-electron chi connectivity index (χ4n) is 4.23. The molecule has 0 bridgehead atoms. The van der Waals surface area contributed by atoms with Crippen LogP contribution in [0.25, 0.3) is 10.9 Å². The summed E-state index contributed by atoms with van der Waals surface area (Å²) >= 11 is 0. The summed E-state index contributed by atoms with van der Waals surface area (Å²) in [5, 5.41) is 3.79. The Balaban J connectivity index is 1.69. The number of nitrogens with one attached hydrogen (secondary N) is 1. The zero-order chi connectivity index (χ0) is 21.9. The van der Waals surface area contributed by atoms with Gasteiger partial charge < -0.3 is 14.8 Å². The van der Waals surface area contributed by atoms with Crippen molar-refractivity contribution in [3.63, 3.8) is 0 Å². The van der Waals surface area contributed by atoms with E-state index in [-0.39, 0.29) is 10.8 Å². The van der Waals surface area contributed by atoms with Crippen molar-refractivity contribution in [3.8, 4) is 0 Å². The van der Waals surface area contributed by atoms with E-state index in [4.69, 9.17) is 0 Å². The average molecular weight is 435 g/mol. The van der Waals surface area contributed by atoms with Crippen molar-refractivity contribution < 1.29 is 13.2 Å². The lowest BCUT2D eigenvalue weighted by molar-refractivity contribution is 0.0941. The number of carbonyl (C=O) groups is 1. The zero-order valence-corrected chi connectivity index (χ0v) is 19.3. The van der Waals surface area contributed by atoms with Crippen molar-refractivity contribution in [2.45, 2.75) is 44.6 Å². The number of piperidine rings is 1. The van der Waals surface area contributed by atoms with E-state index in [1.165, 1.54) is 31.2 Å². The molecule has 0 saturated carbocycles. The zero-order valence-electron chi connectivity index (χ0n) is 18.5. The SMILES string of the molecule is CCn1c(C(=O)NCCCN2CCCC(C)C2)cc2cc(S(=O)(=O)N(C)C)ccc21. The number of fused-ring (bicyclic) bond motifs is 1. The Hall–Kier alpha value is -1.90. The van der Waals surface area contributed by atoms with E-state index in [9.17, 15) is 13.2 Å². The minimum absolute atomic E-state index is 0.114. The second-order valence-corrected chi connectivity index (χ2v) is 10.6. The maximum atomic E-state index is 12.8. The topological polar surface area (TPSA) is 74.6 Å². The molecular formula is C22H34N4O3S. The van der Waals surface area contributed by atoms with Gasteiger partial charge in [-0.2, -0.15) is 0 Å². The molecule has 30 heavy (non-hydrogen) atoms. The molecule has 0 spiro atoms. The maximum Gasteiger partial charge on any atom is 0.267 e. The molecule has 166 valence electrons. The molecule has 1 atom stereocenters. The van der Waals surface area contributed by atoms with E-state index < -0.39 is 10.0 Å². The standard InChI is InChI=1S/C22H34N4O3S/c1-5-26-20-10-9-19(30(28,29)24(3)4)14-18(20)15-21(26)22(27)23-11-7-13-25-12-6-8-17(2)16-25/h9-10,14-15,17H,5-8,11-13,16H2,1-4H3,(H,23,27). The van der Waals surface area contributed by atoms with Crippen LogP contribution >= 0.6 is 0 Å². The summed E-state index contributed by atoms with van der Waals surface area (Å²) in [4.78, 5) is 15.5. The van der Waals surface area contributed by atoms with Gasteiger partial charge in [-0.05, 0) is 69.5 Å². The molecule has 1 aromatic carbocycles.